The van der Waals surface area contributed by atoms with Gasteiger partial charge in [-0.25, -0.2) is 19.2 Å². The van der Waals surface area contributed by atoms with Crippen LogP contribution in [0.4, 0.5) is 0 Å². The van der Waals surface area contributed by atoms with Crippen molar-refractivity contribution in [2.45, 2.75) is 128 Å². The molecule has 2 saturated carbocycles. The molecule has 2 aliphatic rings. The summed E-state index contributed by atoms with van der Waals surface area (Å²) in [5, 5.41) is 42.0. The van der Waals surface area contributed by atoms with Crippen LogP contribution in [0.5, 0.6) is 23.0 Å². The van der Waals surface area contributed by atoms with Crippen LogP contribution in [0, 0.1) is 17.3 Å². The van der Waals surface area contributed by atoms with Crippen molar-refractivity contribution in [1.82, 2.24) is 0 Å². The van der Waals surface area contributed by atoms with E-state index in [0.29, 0.717) is 34.8 Å². The molecule has 0 bridgehead atoms. The van der Waals surface area contributed by atoms with Crippen LogP contribution in [-0.2, 0) is 49.0 Å². The topological polar surface area (TPSA) is 223 Å². The predicted octanol–water partition coefficient (Wildman–Crippen LogP) is 9.80. The Kier molecular flexibility index (Phi) is 23.3. The first-order chi connectivity index (χ1) is 39.4. The van der Waals surface area contributed by atoms with Crippen LogP contribution >= 0.6 is 0 Å². The number of aliphatic hydroxyl groups is 4. The Hall–Kier alpha value is -7.24. The summed E-state index contributed by atoms with van der Waals surface area (Å²) in [5.41, 5.74) is 4.70. The van der Waals surface area contributed by atoms with Crippen LogP contribution in [0.15, 0.2) is 146 Å². The van der Waals surface area contributed by atoms with E-state index >= 15 is 0 Å². The molecule has 4 aromatic carbocycles. The molecule has 83 heavy (non-hydrogen) atoms. The van der Waals surface area contributed by atoms with Crippen molar-refractivity contribution in [3.8, 4) is 23.0 Å². The minimum absolute atomic E-state index is 0.0266. The van der Waals surface area contributed by atoms with Crippen molar-refractivity contribution < 1.29 is 77.5 Å². The molecule has 0 heterocycles. The fourth-order valence-electron chi connectivity index (χ4n) is 11.2. The van der Waals surface area contributed by atoms with Crippen LogP contribution in [0.3, 0.4) is 0 Å². The number of hydrogen-bond donors (Lipinski definition) is 4. The molecule has 4 atom stereocenters. The highest BCUT2D eigenvalue weighted by molar-refractivity contribution is 5.88. The van der Waals surface area contributed by atoms with Gasteiger partial charge in [0.05, 0.1) is 0 Å². The molecule has 4 N–H and O–H groups in total. The molecule has 2 aliphatic carbocycles. The van der Waals surface area contributed by atoms with Gasteiger partial charge in [-0.1, -0.05) is 88.7 Å². The van der Waals surface area contributed by atoms with Crippen LogP contribution < -0.4 is 18.9 Å². The summed E-state index contributed by atoms with van der Waals surface area (Å²) in [6.45, 7) is 24.2. The third-order valence-electron chi connectivity index (χ3n) is 16.2. The fourth-order valence-corrected chi connectivity index (χ4v) is 11.2. The lowest BCUT2D eigenvalue weighted by Gasteiger charge is -2.51. The van der Waals surface area contributed by atoms with Crippen LogP contribution in [0.25, 0.3) is 0 Å². The highest BCUT2D eigenvalue weighted by atomic mass is 16.6. The zero-order chi connectivity index (χ0) is 60.5. The van der Waals surface area contributed by atoms with Gasteiger partial charge in [-0.15, -0.1) is 0 Å². The van der Waals surface area contributed by atoms with Gasteiger partial charge in [-0.3, -0.25) is 0 Å². The maximum atomic E-state index is 11.9. The molecule has 448 valence electrons. The van der Waals surface area contributed by atoms with Crippen molar-refractivity contribution in [2.24, 2.45) is 17.3 Å². The molecule has 2 fully saturated rings. The smallest absolute Gasteiger partial charge is 0.333 e. The predicted molar refractivity (Wildman–Crippen MR) is 314 cm³/mol. The van der Waals surface area contributed by atoms with Crippen LogP contribution in [0.1, 0.15) is 115 Å². The lowest BCUT2D eigenvalue weighted by molar-refractivity contribution is -0.143. The normalized spacial score (nSPS) is 20.2. The molecule has 0 saturated heterocycles. The standard InChI is InChI=1S/C67H84O16/c1-43(2)61(72)80-39-53(68)35-76-57-19-11-49(12-20-57)66(50-13-21-58(22-14-50)77-36-54(69)40-81-62(73)44(3)4)31-27-47(28-32-66)65(9,10)48-29-33-67(34-30-48,51-15-23-59(24-16-51)78-37-55(70)41-82-63(74)45(5)6)52-17-25-60(26-18-52)79-38-56(71)42-83-64(75)46(7)8/h11-26,47-48,53-56,68-71H,1,3,5,7,27-42H2,2,4,6,8-10H3. The number of carbonyl (C=O) groups is 4. The van der Waals surface area contributed by atoms with Gasteiger partial charge in [0.1, 0.15) is 100 Å². The average molecular weight is 1150 g/mol. The Bertz CT molecular complexity index is 2470. The van der Waals surface area contributed by atoms with Gasteiger partial charge in [-0.2, -0.15) is 0 Å². The minimum Gasteiger partial charge on any atom is -0.491 e. The van der Waals surface area contributed by atoms with Crippen molar-refractivity contribution in [2.75, 3.05) is 52.9 Å². The third kappa shape index (κ3) is 17.9. The van der Waals surface area contributed by atoms with E-state index in [4.69, 9.17) is 37.9 Å². The number of rotatable bonds is 30. The Morgan fingerprint density at radius 1 is 0.398 bits per heavy atom. The highest BCUT2D eigenvalue weighted by Gasteiger charge is 2.48. The van der Waals surface area contributed by atoms with Gasteiger partial charge in [0.25, 0.3) is 0 Å². The summed E-state index contributed by atoms with van der Waals surface area (Å²) < 4.78 is 44.2. The number of benzene rings is 4. The number of hydrogen-bond acceptors (Lipinski definition) is 16. The Morgan fingerprint density at radius 3 is 0.771 bits per heavy atom. The van der Waals surface area contributed by atoms with E-state index in [1.807, 2.05) is 48.5 Å². The third-order valence-corrected chi connectivity index (χ3v) is 16.2. The summed E-state index contributed by atoms with van der Waals surface area (Å²) in [7, 11) is 0. The molecule has 0 aromatic heterocycles. The summed E-state index contributed by atoms with van der Waals surface area (Å²) >= 11 is 0. The van der Waals surface area contributed by atoms with Gasteiger partial charge < -0.3 is 58.3 Å². The SMILES string of the molecule is C=C(C)C(=O)OCC(O)COc1ccc(C2(c3ccc(OCC(O)COC(=O)C(=C)C)cc3)CCC(C(C)(C)C3CCC(c4ccc(OCC(O)COC(=O)C(=C)C)cc4)(c4ccc(OCC(O)COC(=O)C(=C)C)cc4)CC3)CC2)cc1. The molecule has 6 rings (SSSR count). The number of ether oxygens (including phenoxy) is 8. The Morgan fingerprint density at radius 2 is 0.590 bits per heavy atom. The summed E-state index contributed by atoms with van der Waals surface area (Å²) in [6.07, 6.45) is 3.22. The monoisotopic (exact) mass is 1140 g/mol. The second-order valence-corrected chi connectivity index (χ2v) is 23.0. The molecule has 0 spiro atoms. The van der Waals surface area contributed by atoms with E-state index in [1.165, 1.54) is 0 Å². The molecule has 16 heteroatoms. The second kappa shape index (κ2) is 29.8. The van der Waals surface area contributed by atoms with Gasteiger partial charge in [0.2, 0.25) is 0 Å². The van der Waals surface area contributed by atoms with E-state index in [9.17, 15) is 39.6 Å². The number of aliphatic hydroxyl groups excluding tert-OH is 4. The molecule has 0 amide bonds. The molecule has 16 nitrogen and oxygen atoms in total. The average Bonchev–Trinajstić information content (AvgIpc) is 3.48. The summed E-state index contributed by atoms with van der Waals surface area (Å²) in [6, 6.07) is 31.9. The van der Waals surface area contributed by atoms with E-state index in [1.54, 1.807) is 27.7 Å². The molecular weight excluding hydrogens is 1060 g/mol. The quantitative estimate of drug-likeness (QED) is 0.0217. The van der Waals surface area contributed by atoms with E-state index in [0.717, 1.165) is 73.6 Å². The van der Waals surface area contributed by atoms with Gasteiger partial charge in [0.15, 0.2) is 0 Å². The minimum atomic E-state index is -1.03. The van der Waals surface area contributed by atoms with Crippen molar-refractivity contribution in [3.63, 3.8) is 0 Å². The second-order valence-electron chi connectivity index (χ2n) is 23.0. The van der Waals surface area contributed by atoms with Gasteiger partial charge >= 0.3 is 23.9 Å². The van der Waals surface area contributed by atoms with Crippen LogP contribution in [0.2, 0.25) is 0 Å². The largest absolute Gasteiger partial charge is 0.491 e. The van der Waals surface area contributed by atoms with Crippen molar-refractivity contribution >= 4 is 23.9 Å². The first kappa shape index (κ1) is 64.9. The Labute approximate surface area is 488 Å². The lowest BCUT2D eigenvalue weighted by atomic mass is 9.53. The first-order valence-electron chi connectivity index (χ1n) is 28.4. The van der Waals surface area contributed by atoms with Gasteiger partial charge in [0, 0.05) is 33.1 Å². The van der Waals surface area contributed by atoms with E-state index in [-0.39, 0.29) is 91.4 Å². The lowest BCUT2D eigenvalue weighted by Crippen LogP contribution is -2.43. The molecular formula is C67H84O16. The molecule has 4 unspecified atom stereocenters. The highest BCUT2D eigenvalue weighted by Crippen LogP contribution is 2.57. The summed E-state index contributed by atoms with van der Waals surface area (Å²) in [4.78, 5) is 47.5. The van der Waals surface area contributed by atoms with Crippen LogP contribution in [-0.4, -0.2) is 122 Å². The molecule has 0 aliphatic heterocycles. The number of esters is 4. The van der Waals surface area contributed by atoms with Gasteiger partial charge in [-0.05, 0) is 167 Å². The zero-order valence-corrected chi connectivity index (χ0v) is 49.0. The maximum Gasteiger partial charge on any atom is 0.333 e. The number of carbonyl (C=O) groups excluding carboxylic acids is 4. The first-order valence-corrected chi connectivity index (χ1v) is 28.4. The summed E-state index contributed by atoms with van der Waals surface area (Å²) in [5.74, 6) is 0.755. The zero-order valence-electron chi connectivity index (χ0n) is 49.0. The maximum absolute atomic E-state index is 11.9. The van der Waals surface area contributed by atoms with E-state index in [2.05, 4.69) is 88.7 Å². The van der Waals surface area contributed by atoms with E-state index < -0.39 is 48.3 Å². The van der Waals surface area contributed by atoms with Crippen molar-refractivity contribution in [1.29, 1.82) is 0 Å². The fraction of sp³-hybridized carbons (Fsp3) is 0.463. The van der Waals surface area contributed by atoms with Crippen molar-refractivity contribution in [3.05, 3.63) is 168 Å². The molecule has 0 radical (unpaired) electrons. The Balaban J connectivity index is 1.18. The molecule has 4 aromatic rings.